The lowest BCUT2D eigenvalue weighted by Gasteiger charge is -2.35. The molecule has 0 spiro atoms. The average Bonchev–Trinajstić information content (AvgIpc) is 2.44. The first kappa shape index (κ1) is 16.2. The predicted molar refractivity (Wildman–Crippen MR) is 79.2 cm³/mol. The summed E-state index contributed by atoms with van der Waals surface area (Å²) in [7, 11) is -4.59. The quantitative estimate of drug-likeness (QED) is 0.915. The summed E-state index contributed by atoms with van der Waals surface area (Å²) in [5, 5.41) is 3.18. The van der Waals surface area contributed by atoms with Crippen LogP contribution in [0.3, 0.4) is 0 Å². The predicted octanol–water partition coefficient (Wildman–Crippen LogP) is 3.92. The Balaban J connectivity index is 2.29. The van der Waals surface area contributed by atoms with E-state index in [0.29, 0.717) is 11.8 Å². The number of halogens is 2. The van der Waals surface area contributed by atoms with Gasteiger partial charge in [-0.15, -0.1) is 0 Å². The minimum atomic E-state index is -4.59. The van der Waals surface area contributed by atoms with Crippen molar-refractivity contribution in [3.63, 3.8) is 0 Å². The number of sulfone groups is 1. The second kappa shape index (κ2) is 6.30. The SMILES string of the molecule is CC1CCCC(Nc2ccccc2S(=O)(=O)C(F)F)C1C. The van der Waals surface area contributed by atoms with Crippen LogP contribution in [-0.4, -0.2) is 20.2 Å². The van der Waals surface area contributed by atoms with Gasteiger partial charge in [0, 0.05) is 6.04 Å². The molecule has 3 unspecified atom stereocenters. The second-order valence-corrected chi connectivity index (χ2v) is 7.71. The lowest BCUT2D eigenvalue weighted by Crippen LogP contribution is -2.35. The van der Waals surface area contributed by atoms with E-state index in [1.54, 1.807) is 12.1 Å². The van der Waals surface area contributed by atoms with Crippen LogP contribution in [0.4, 0.5) is 14.5 Å². The smallest absolute Gasteiger partial charge is 0.341 e. The maximum atomic E-state index is 12.8. The van der Waals surface area contributed by atoms with Crippen molar-refractivity contribution >= 4 is 15.5 Å². The third kappa shape index (κ3) is 3.36. The molecule has 1 fully saturated rings. The maximum absolute atomic E-state index is 12.8. The van der Waals surface area contributed by atoms with E-state index in [1.807, 2.05) is 0 Å². The first-order valence-electron chi connectivity index (χ1n) is 7.21. The Hall–Kier alpha value is -1.17. The van der Waals surface area contributed by atoms with Crippen LogP contribution in [0.15, 0.2) is 29.2 Å². The van der Waals surface area contributed by atoms with Gasteiger partial charge in [-0.05, 0) is 30.4 Å². The Kier molecular flexibility index (Phi) is 4.86. The maximum Gasteiger partial charge on any atom is 0.341 e. The monoisotopic (exact) mass is 317 g/mol. The standard InChI is InChI=1S/C15H21F2NO2S/c1-10-6-5-8-12(11(10)2)18-13-7-3-4-9-14(13)21(19,20)15(16)17/h3-4,7,9-12,15,18H,5-6,8H2,1-2H3. The van der Waals surface area contributed by atoms with Crippen LogP contribution in [0.1, 0.15) is 33.1 Å². The van der Waals surface area contributed by atoms with E-state index in [4.69, 9.17) is 0 Å². The van der Waals surface area contributed by atoms with E-state index in [-0.39, 0.29) is 16.6 Å². The second-order valence-electron chi connectivity index (χ2n) is 5.82. The molecular weight excluding hydrogens is 296 g/mol. The molecule has 6 heteroatoms. The molecule has 0 aliphatic heterocycles. The van der Waals surface area contributed by atoms with E-state index >= 15 is 0 Å². The van der Waals surface area contributed by atoms with Gasteiger partial charge in [-0.3, -0.25) is 0 Å². The molecule has 3 atom stereocenters. The Morgan fingerprint density at radius 2 is 1.86 bits per heavy atom. The van der Waals surface area contributed by atoms with Gasteiger partial charge < -0.3 is 5.32 Å². The van der Waals surface area contributed by atoms with Crippen molar-refractivity contribution in [3.8, 4) is 0 Å². The summed E-state index contributed by atoms with van der Waals surface area (Å²) < 4.78 is 49.1. The highest BCUT2D eigenvalue weighted by atomic mass is 32.2. The molecule has 1 aromatic rings. The van der Waals surface area contributed by atoms with Crippen LogP contribution in [-0.2, 0) is 9.84 Å². The topological polar surface area (TPSA) is 46.2 Å². The molecule has 1 aliphatic rings. The fourth-order valence-corrected chi connectivity index (χ4v) is 3.81. The van der Waals surface area contributed by atoms with Crippen molar-refractivity contribution in [1.82, 2.24) is 0 Å². The Bertz CT molecular complexity index is 589. The van der Waals surface area contributed by atoms with Crippen LogP contribution in [0.2, 0.25) is 0 Å². The highest BCUT2D eigenvalue weighted by Crippen LogP contribution is 2.34. The van der Waals surface area contributed by atoms with Gasteiger partial charge in [0.1, 0.15) is 0 Å². The summed E-state index contributed by atoms with van der Waals surface area (Å²) in [5.41, 5.74) is 0.281. The van der Waals surface area contributed by atoms with Gasteiger partial charge in [0.2, 0.25) is 9.84 Å². The zero-order chi connectivity index (χ0) is 15.6. The van der Waals surface area contributed by atoms with E-state index in [9.17, 15) is 17.2 Å². The molecule has 0 aromatic heterocycles. The molecule has 1 saturated carbocycles. The van der Waals surface area contributed by atoms with Crippen molar-refractivity contribution in [3.05, 3.63) is 24.3 Å². The number of benzene rings is 1. The Morgan fingerprint density at radius 1 is 1.19 bits per heavy atom. The summed E-state index contributed by atoms with van der Waals surface area (Å²) in [6.45, 7) is 4.28. The van der Waals surface area contributed by atoms with Gasteiger partial charge in [-0.2, -0.15) is 8.78 Å². The lowest BCUT2D eigenvalue weighted by atomic mass is 9.78. The van der Waals surface area contributed by atoms with Crippen molar-refractivity contribution in [2.75, 3.05) is 5.32 Å². The van der Waals surface area contributed by atoms with E-state index in [0.717, 1.165) is 19.3 Å². The average molecular weight is 317 g/mol. The van der Waals surface area contributed by atoms with Crippen LogP contribution in [0.5, 0.6) is 0 Å². The third-order valence-electron chi connectivity index (χ3n) is 4.48. The molecular formula is C15H21F2NO2S. The van der Waals surface area contributed by atoms with Crippen LogP contribution >= 0.6 is 0 Å². The summed E-state index contributed by atoms with van der Waals surface area (Å²) in [6.07, 6.45) is 3.14. The van der Waals surface area contributed by atoms with Gasteiger partial charge in [-0.25, -0.2) is 8.42 Å². The molecule has 2 rings (SSSR count). The summed E-state index contributed by atoms with van der Waals surface area (Å²) >= 11 is 0. The Morgan fingerprint density at radius 3 is 2.52 bits per heavy atom. The highest BCUT2D eigenvalue weighted by Gasteiger charge is 2.31. The van der Waals surface area contributed by atoms with Crippen LogP contribution in [0.25, 0.3) is 0 Å². The molecule has 21 heavy (non-hydrogen) atoms. The summed E-state index contributed by atoms with van der Waals surface area (Å²) in [6, 6.07) is 6.03. The summed E-state index contributed by atoms with van der Waals surface area (Å²) in [5.74, 6) is -2.49. The van der Waals surface area contributed by atoms with Gasteiger partial charge >= 0.3 is 5.76 Å². The number of alkyl halides is 2. The largest absolute Gasteiger partial charge is 0.381 e. The lowest BCUT2D eigenvalue weighted by molar-refractivity contribution is 0.234. The van der Waals surface area contributed by atoms with E-state index in [2.05, 4.69) is 19.2 Å². The zero-order valence-electron chi connectivity index (χ0n) is 12.2. The van der Waals surface area contributed by atoms with Gasteiger partial charge in [0.15, 0.2) is 0 Å². The first-order chi connectivity index (χ1) is 9.84. The Labute approximate surface area is 124 Å². The van der Waals surface area contributed by atoms with Crippen LogP contribution < -0.4 is 5.32 Å². The number of hydrogen-bond acceptors (Lipinski definition) is 3. The number of anilines is 1. The minimum Gasteiger partial charge on any atom is -0.381 e. The number of nitrogens with one attached hydrogen (secondary N) is 1. The summed E-state index contributed by atoms with van der Waals surface area (Å²) in [4.78, 5) is -0.314. The van der Waals surface area contributed by atoms with Gasteiger partial charge in [0.25, 0.3) is 0 Å². The fourth-order valence-electron chi connectivity index (χ4n) is 2.92. The van der Waals surface area contributed by atoms with Crippen molar-refractivity contribution in [2.45, 2.75) is 49.8 Å². The van der Waals surface area contributed by atoms with Crippen molar-refractivity contribution < 1.29 is 17.2 Å². The molecule has 3 nitrogen and oxygen atoms in total. The first-order valence-corrected chi connectivity index (χ1v) is 8.76. The number of rotatable bonds is 4. The van der Waals surface area contributed by atoms with Crippen LogP contribution in [0, 0.1) is 11.8 Å². The third-order valence-corrected chi connectivity index (χ3v) is 5.91. The molecule has 1 N–H and O–H groups in total. The van der Waals surface area contributed by atoms with Gasteiger partial charge in [0.05, 0.1) is 10.6 Å². The van der Waals surface area contributed by atoms with Crippen molar-refractivity contribution in [2.24, 2.45) is 11.8 Å². The molecule has 1 aromatic carbocycles. The zero-order valence-corrected chi connectivity index (χ0v) is 13.0. The van der Waals surface area contributed by atoms with Gasteiger partial charge in [-0.1, -0.05) is 38.8 Å². The molecule has 0 amide bonds. The van der Waals surface area contributed by atoms with E-state index < -0.39 is 15.6 Å². The van der Waals surface area contributed by atoms with Crippen molar-refractivity contribution in [1.29, 1.82) is 0 Å². The normalized spacial score (nSPS) is 26.8. The number of hydrogen-bond donors (Lipinski definition) is 1. The molecule has 0 saturated heterocycles. The molecule has 0 bridgehead atoms. The minimum absolute atomic E-state index is 0.114. The molecule has 0 radical (unpaired) electrons. The molecule has 118 valence electrons. The highest BCUT2D eigenvalue weighted by molar-refractivity contribution is 7.91. The van der Waals surface area contributed by atoms with E-state index in [1.165, 1.54) is 12.1 Å². The number of para-hydroxylation sites is 1. The fraction of sp³-hybridized carbons (Fsp3) is 0.600. The molecule has 1 aliphatic carbocycles. The molecule has 0 heterocycles.